The summed E-state index contributed by atoms with van der Waals surface area (Å²) in [6.07, 6.45) is 1.63. The zero-order valence-corrected chi connectivity index (χ0v) is 17.6. The second kappa shape index (κ2) is 8.49. The molecule has 1 amide bonds. The SMILES string of the molecule is O=C(Nc1ccc(N2CCOCC2)cc1)c1cc2occc2n1Cc1ccc(Cl)cc1. The molecule has 5 rings (SSSR count). The number of hydrogen-bond acceptors (Lipinski definition) is 4. The summed E-state index contributed by atoms with van der Waals surface area (Å²) in [6, 6.07) is 19.2. The molecular formula is C24H22ClN3O3. The van der Waals surface area contributed by atoms with E-state index < -0.39 is 0 Å². The maximum Gasteiger partial charge on any atom is 0.272 e. The fraction of sp³-hybridized carbons (Fsp3) is 0.208. The molecule has 3 heterocycles. The quantitative estimate of drug-likeness (QED) is 0.478. The lowest BCUT2D eigenvalue weighted by atomic mass is 10.2. The van der Waals surface area contributed by atoms with E-state index in [1.807, 2.05) is 59.2 Å². The van der Waals surface area contributed by atoms with Crippen LogP contribution in [0.4, 0.5) is 11.4 Å². The van der Waals surface area contributed by atoms with Gasteiger partial charge in [0.2, 0.25) is 0 Å². The highest BCUT2D eigenvalue weighted by Gasteiger charge is 2.18. The van der Waals surface area contributed by atoms with Gasteiger partial charge in [-0.1, -0.05) is 23.7 Å². The maximum atomic E-state index is 13.1. The molecule has 1 N–H and O–H groups in total. The minimum Gasteiger partial charge on any atom is -0.463 e. The van der Waals surface area contributed by atoms with E-state index in [1.165, 1.54) is 0 Å². The monoisotopic (exact) mass is 435 g/mol. The van der Waals surface area contributed by atoms with E-state index in [1.54, 1.807) is 12.3 Å². The lowest BCUT2D eigenvalue weighted by molar-refractivity contribution is 0.101. The van der Waals surface area contributed by atoms with Crippen molar-refractivity contribution in [2.45, 2.75) is 6.54 Å². The standard InChI is InChI=1S/C24H22ClN3O3/c25-18-3-1-17(2-4-18)16-28-21-9-12-31-23(21)15-22(28)24(29)26-19-5-7-20(8-6-19)27-10-13-30-14-11-27/h1-9,12,15H,10-11,13-14,16H2,(H,26,29). The van der Waals surface area contributed by atoms with Crippen molar-refractivity contribution in [3.8, 4) is 0 Å². The van der Waals surface area contributed by atoms with Crippen molar-refractivity contribution >= 4 is 40.0 Å². The molecule has 0 bridgehead atoms. The first-order valence-corrected chi connectivity index (χ1v) is 10.6. The number of rotatable bonds is 5. The zero-order valence-electron chi connectivity index (χ0n) is 16.9. The van der Waals surface area contributed by atoms with Gasteiger partial charge in [0.25, 0.3) is 5.91 Å². The van der Waals surface area contributed by atoms with Crippen molar-refractivity contribution in [3.05, 3.63) is 83.2 Å². The number of morpholine rings is 1. The van der Waals surface area contributed by atoms with Gasteiger partial charge in [0.05, 0.1) is 25.0 Å². The second-order valence-electron chi connectivity index (χ2n) is 7.51. The van der Waals surface area contributed by atoms with Crippen molar-refractivity contribution in [2.24, 2.45) is 0 Å². The molecule has 7 heteroatoms. The van der Waals surface area contributed by atoms with Gasteiger partial charge in [0, 0.05) is 48.2 Å². The van der Waals surface area contributed by atoms with Gasteiger partial charge in [-0.3, -0.25) is 4.79 Å². The Morgan fingerprint density at radius 1 is 1.00 bits per heavy atom. The van der Waals surface area contributed by atoms with Gasteiger partial charge in [0.1, 0.15) is 5.69 Å². The van der Waals surface area contributed by atoms with Crippen molar-refractivity contribution in [3.63, 3.8) is 0 Å². The highest BCUT2D eigenvalue weighted by Crippen LogP contribution is 2.25. The number of nitrogens with zero attached hydrogens (tertiary/aromatic N) is 2. The average molecular weight is 436 g/mol. The molecule has 0 unspecified atom stereocenters. The molecule has 0 atom stereocenters. The number of benzene rings is 2. The van der Waals surface area contributed by atoms with E-state index in [9.17, 15) is 4.79 Å². The molecule has 6 nitrogen and oxygen atoms in total. The van der Waals surface area contributed by atoms with Gasteiger partial charge in [-0.15, -0.1) is 0 Å². The molecule has 2 aromatic carbocycles. The summed E-state index contributed by atoms with van der Waals surface area (Å²) in [5.74, 6) is -0.181. The molecule has 1 aliphatic heterocycles. The second-order valence-corrected chi connectivity index (χ2v) is 7.95. The Bertz CT molecular complexity index is 1190. The number of furan rings is 1. The predicted molar refractivity (Wildman–Crippen MR) is 122 cm³/mol. The van der Waals surface area contributed by atoms with Gasteiger partial charge in [0.15, 0.2) is 5.58 Å². The van der Waals surface area contributed by atoms with Crippen molar-refractivity contribution < 1.29 is 13.9 Å². The van der Waals surface area contributed by atoms with Crippen LogP contribution in [0.1, 0.15) is 16.1 Å². The number of nitrogens with one attached hydrogen (secondary N) is 1. The Kier molecular flexibility index (Phi) is 5.40. The smallest absolute Gasteiger partial charge is 0.272 e. The molecule has 1 saturated heterocycles. The molecule has 0 spiro atoms. The summed E-state index contributed by atoms with van der Waals surface area (Å²) in [5, 5.41) is 3.69. The van der Waals surface area contributed by atoms with Crippen molar-refractivity contribution in [2.75, 3.05) is 36.5 Å². The first kappa shape index (κ1) is 19.7. The Hall–Kier alpha value is -3.22. The Labute approximate surface area is 185 Å². The molecule has 4 aromatic rings. The molecule has 0 radical (unpaired) electrons. The molecule has 1 aliphatic rings. The van der Waals surface area contributed by atoms with Gasteiger partial charge < -0.3 is 23.9 Å². The highest BCUT2D eigenvalue weighted by molar-refractivity contribution is 6.30. The van der Waals surface area contributed by atoms with Crippen molar-refractivity contribution in [1.29, 1.82) is 0 Å². The number of aromatic nitrogens is 1. The normalized spacial score (nSPS) is 14.2. The summed E-state index contributed by atoms with van der Waals surface area (Å²) < 4.78 is 12.9. The zero-order chi connectivity index (χ0) is 21.2. The minimum atomic E-state index is -0.181. The Balaban J connectivity index is 1.37. The average Bonchev–Trinajstić information content (AvgIpc) is 3.39. The summed E-state index contributed by atoms with van der Waals surface area (Å²) in [4.78, 5) is 15.4. The number of carbonyl (C=O) groups is 1. The van der Waals surface area contributed by atoms with E-state index in [0.717, 1.165) is 48.8 Å². The van der Waals surface area contributed by atoms with Crippen LogP contribution in [0.25, 0.3) is 11.1 Å². The van der Waals surface area contributed by atoms with E-state index in [4.69, 9.17) is 20.8 Å². The van der Waals surface area contributed by atoms with Crippen LogP contribution in [0.5, 0.6) is 0 Å². The fourth-order valence-corrected chi connectivity index (χ4v) is 4.01. The van der Waals surface area contributed by atoms with Gasteiger partial charge in [-0.2, -0.15) is 0 Å². The number of anilines is 2. The van der Waals surface area contributed by atoms with E-state index in [0.29, 0.717) is 22.8 Å². The molecule has 1 fully saturated rings. The first-order chi connectivity index (χ1) is 15.2. The number of halogens is 1. The number of hydrogen-bond donors (Lipinski definition) is 1. The largest absolute Gasteiger partial charge is 0.463 e. The van der Waals surface area contributed by atoms with Crippen LogP contribution >= 0.6 is 11.6 Å². The highest BCUT2D eigenvalue weighted by atomic mass is 35.5. The van der Waals surface area contributed by atoms with E-state index >= 15 is 0 Å². The van der Waals surface area contributed by atoms with Crippen LogP contribution in [-0.4, -0.2) is 36.8 Å². The maximum absolute atomic E-state index is 13.1. The lowest BCUT2D eigenvalue weighted by Gasteiger charge is -2.28. The Morgan fingerprint density at radius 3 is 2.48 bits per heavy atom. The first-order valence-electron chi connectivity index (χ1n) is 10.2. The van der Waals surface area contributed by atoms with Crippen LogP contribution < -0.4 is 10.2 Å². The van der Waals surface area contributed by atoms with Gasteiger partial charge >= 0.3 is 0 Å². The minimum absolute atomic E-state index is 0.181. The predicted octanol–water partition coefficient (Wildman–Crippen LogP) is 5.02. The Morgan fingerprint density at radius 2 is 1.74 bits per heavy atom. The topological polar surface area (TPSA) is 59.6 Å². The number of amides is 1. The molecule has 0 saturated carbocycles. The molecule has 0 aliphatic carbocycles. The molecule has 158 valence electrons. The van der Waals surface area contributed by atoms with Crippen LogP contribution in [0, 0.1) is 0 Å². The van der Waals surface area contributed by atoms with Crippen LogP contribution in [-0.2, 0) is 11.3 Å². The van der Waals surface area contributed by atoms with Crippen LogP contribution in [0.2, 0.25) is 5.02 Å². The lowest BCUT2D eigenvalue weighted by Crippen LogP contribution is -2.36. The van der Waals surface area contributed by atoms with Crippen LogP contribution in [0.3, 0.4) is 0 Å². The third-order valence-electron chi connectivity index (χ3n) is 5.51. The summed E-state index contributed by atoms with van der Waals surface area (Å²) in [5.41, 5.74) is 5.03. The summed E-state index contributed by atoms with van der Waals surface area (Å²) in [7, 11) is 0. The van der Waals surface area contributed by atoms with Crippen molar-refractivity contribution in [1.82, 2.24) is 4.57 Å². The number of carbonyl (C=O) groups excluding carboxylic acids is 1. The van der Waals surface area contributed by atoms with Gasteiger partial charge in [-0.25, -0.2) is 0 Å². The van der Waals surface area contributed by atoms with Gasteiger partial charge in [-0.05, 0) is 42.0 Å². The van der Waals surface area contributed by atoms with E-state index in [2.05, 4.69) is 10.2 Å². The summed E-state index contributed by atoms with van der Waals surface area (Å²) in [6.45, 7) is 3.78. The number of ether oxygens (including phenoxy) is 1. The van der Waals surface area contributed by atoms with Crippen LogP contribution in [0.15, 0.2) is 71.3 Å². The van der Waals surface area contributed by atoms with E-state index in [-0.39, 0.29) is 5.91 Å². The fourth-order valence-electron chi connectivity index (χ4n) is 3.88. The molecular weight excluding hydrogens is 414 g/mol. The third-order valence-corrected chi connectivity index (χ3v) is 5.76. The third kappa shape index (κ3) is 4.17. The molecule has 31 heavy (non-hydrogen) atoms. The summed E-state index contributed by atoms with van der Waals surface area (Å²) >= 11 is 6.01. The molecule has 2 aromatic heterocycles. The number of fused-ring (bicyclic) bond motifs is 1.